The van der Waals surface area contributed by atoms with Crippen LogP contribution < -0.4 is 5.56 Å². The molecule has 0 spiro atoms. The van der Waals surface area contributed by atoms with Crippen LogP contribution in [-0.4, -0.2) is 20.3 Å². The number of carbonyl (C=O) groups is 1. The van der Waals surface area contributed by atoms with E-state index < -0.39 is 0 Å². The number of nitrogens with one attached hydrogen (secondary N) is 1. The lowest BCUT2D eigenvalue weighted by atomic mass is 9.99. The molecule has 0 saturated carbocycles. The number of Topliss-reactive ketones (excluding diaryl/α,β-unsaturated/α-hetero) is 1. The third-order valence-corrected chi connectivity index (χ3v) is 6.51. The Hall–Kier alpha value is -3.70. The molecule has 0 atom stereocenters. The number of H-pyrrole nitrogens is 1. The number of aromatic amines is 1. The smallest absolute Gasteiger partial charge is 0.255 e. The van der Waals surface area contributed by atoms with Gasteiger partial charge in [-0.25, -0.2) is 4.98 Å². The number of hydrogen-bond donors (Lipinski definition) is 1. The summed E-state index contributed by atoms with van der Waals surface area (Å²) in [5.74, 6) is -0.121. The number of rotatable bonds is 4. The van der Waals surface area contributed by atoms with Crippen LogP contribution in [0.4, 0.5) is 0 Å². The molecule has 0 bridgehead atoms. The van der Waals surface area contributed by atoms with Gasteiger partial charge in [-0.05, 0) is 61.4 Å². The van der Waals surface area contributed by atoms with Crippen LogP contribution >= 0.6 is 11.6 Å². The second-order valence-corrected chi connectivity index (χ2v) is 8.72. The molecule has 3 aromatic heterocycles. The van der Waals surface area contributed by atoms with Gasteiger partial charge in [-0.1, -0.05) is 29.8 Å². The molecule has 1 N–H and O–H groups in total. The maximum atomic E-state index is 13.0. The summed E-state index contributed by atoms with van der Waals surface area (Å²) in [4.78, 5) is 33.1. The maximum absolute atomic E-state index is 13.0. The molecule has 0 saturated heterocycles. The van der Waals surface area contributed by atoms with Crippen LogP contribution in [0.15, 0.2) is 65.6 Å². The Morgan fingerprint density at radius 2 is 1.82 bits per heavy atom. The van der Waals surface area contributed by atoms with Gasteiger partial charge in [0, 0.05) is 46.1 Å². The van der Waals surface area contributed by atoms with Gasteiger partial charge in [0.2, 0.25) is 0 Å². The zero-order chi connectivity index (χ0) is 23.3. The third kappa shape index (κ3) is 3.55. The Balaban J connectivity index is 1.84. The largest absolute Gasteiger partial charge is 0.333 e. The predicted octanol–water partition coefficient (Wildman–Crippen LogP) is 6.07. The van der Waals surface area contributed by atoms with E-state index in [0.717, 1.165) is 38.5 Å². The average molecular weight is 456 g/mol. The SMILES string of the molecule is CC(=O)c1c(-c2ccc[nH]c2=O)c2cc(C)c(C)cc2n1Cc1cc2ccccc2nc1Cl. The van der Waals surface area contributed by atoms with E-state index >= 15 is 0 Å². The second kappa shape index (κ2) is 8.01. The minimum absolute atomic E-state index is 0.121. The molecule has 5 nitrogen and oxygen atoms in total. The number of pyridine rings is 2. The zero-order valence-corrected chi connectivity index (χ0v) is 19.3. The summed E-state index contributed by atoms with van der Waals surface area (Å²) in [6, 6.07) is 17.5. The first-order chi connectivity index (χ1) is 15.8. The van der Waals surface area contributed by atoms with Crippen LogP contribution in [0.5, 0.6) is 0 Å². The molecule has 0 amide bonds. The van der Waals surface area contributed by atoms with Gasteiger partial charge in [0.1, 0.15) is 5.15 Å². The van der Waals surface area contributed by atoms with Crippen molar-refractivity contribution in [2.24, 2.45) is 0 Å². The van der Waals surface area contributed by atoms with E-state index in [0.29, 0.717) is 28.5 Å². The molecule has 0 fully saturated rings. The minimum Gasteiger partial charge on any atom is -0.333 e. The van der Waals surface area contributed by atoms with Crippen molar-refractivity contribution in [3.05, 3.63) is 98.7 Å². The van der Waals surface area contributed by atoms with Crippen molar-refractivity contribution in [1.29, 1.82) is 0 Å². The monoisotopic (exact) mass is 455 g/mol. The number of aryl methyl sites for hydroxylation is 2. The Kier molecular flexibility index (Phi) is 5.14. The molecule has 5 aromatic rings. The van der Waals surface area contributed by atoms with Gasteiger partial charge in [-0.15, -0.1) is 0 Å². The first kappa shape index (κ1) is 21.2. The van der Waals surface area contributed by atoms with Crippen molar-refractivity contribution >= 4 is 39.2 Å². The number of ketones is 1. The van der Waals surface area contributed by atoms with Crippen LogP contribution in [0.1, 0.15) is 34.1 Å². The molecular formula is C27H22ClN3O2. The highest BCUT2D eigenvalue weighted by atomic mass is 35.5. The highest BCUT2D eigenvalue weighted by Gasteiger charge is 2.24. The highest BCUT2D eigenvalue weighted by molar-refractivity contribution is 6.30. The molecule has 0 radical (unpaired) electrons. The highest BCUT2D eigenvalue weighted by Crippen LogP contribution is 2.36. The fourth-order valence-corrected chi connectivity index (χ4v) is 4.65. The van der Waals surface area contributed by atoms with Crippen LogP contribution in [0, 0.1) is 13.8 Å². The molecule has 3 heterocycles. The number of benzene rings is 2. The zero-order valence-electron chi connectivity index (χ0n) is 18.6. The summed E-state index contributed by atoms with van der Waals surface area (Å²) < 4.78 is 1.96. The van der Waals surface area contributed by atoms with Crippen LogP contribution in [0.25, 0.3) is 32.9 Å². The van der Waals surface area contributed by atoms with E-state index in [-0.39, 0.29) is 11.3 Å². The van der Waals surface area contributed by atoms with E-state index in [1.54, 1.807) is 18.3 Å². The van der Waals surface area contributed by atoms with Gasteiger partial charge >= 0.3 is 0 Å². The van der Waals surface area contributed by atoms with E-state index in [1.807, 2.05) is 48.7 Å². The third-order valence-electron chi connectivity index (χ3n) is 6.18. The summed E-state index contributed by atoms with van der Waals surface area (Å²) >= 11 is 6.58. The number of fused-ring (bicyclic) bond motifs is 2. The summed E-state index contributed by atoms with van der Waals surface area (Å²) in [6.45, 7) is 5.96. The van der Waals surface area contributed by atoms with E-state index in [2.05, 4.69) is 22.1 Å². The van der Waals surface area contributed by atoms with Crippen LogP contribution in [-0.2, 0) is 6.54 Å². The maximum Gasteiger partial charge on any atom is 0.255 e. The first-order valence-electron chi connectivity index (χ1n) is 10.7. The lowest BCUT2D eigenvalue weighted by Gasteiger charge is -2.13. The standard InChI is InChI=1S/C27H22ClN3O2/c1-15-11-21-23(12-16(15)2)31(14-19-13-18-7-4-5-9-22(18)30-26(19)28)25(17(3)32)24(21)20-8-6-10-29-27(20)33/h4-13H,14H2,1-3H3,(H,29,33). The van der Waals surface area contributed by atoms with E-state index in [1.165, 1.54) is 6.92 Å². The van der Waals surface area contributed by atoms with Gasteiger partial charge in [-0.2, -0.15) is 0 Å². The Labute approximate surface area is 195 Å². The number of nitrogens with zero attached hydrogens (tertiary/aromatic N) is 2. The van der Waals surface area contributed by atoms with Crippen molar-refractivity contribution in [2.45, 2.75) is 27.3 Å². The first-order valence-corrected chi connectivity index (χ1v) is 11.1. The number of para-hydroxylation sites is 1. The Morgan fingerprint density at radius 1 is 1.06 bits per heavy atom. The van der Waals surface area contributed by atoms with Crippen molar-refractivity contribution in [1.82, 2.24) is 14.5 Å². The molecule has 0 aliphatic carbocycles. The van der Waals surface area contributed by atoms with Gasteiger partial charge in [0.25, 0.3) is 5.56 Å². The molecule has 5 rings (SSSR count). The van der Waals surface area contributed by atoms with Crippen molar-refractivity contribution in [3.8, 4) is 11.1 Å². The summed E-state index contributed by atoms with van der Waals surface area (Å²) in [5.41, 5.74) is 6.07. The van der Waals surface area contributed by atoms with Gasteiger partial charge < -0.3 is 9.55 Å². The number of hydrogen-bond acceptors (Lipinski definition) is 3. The fourth-order valence-electron chi connectivity index (χ4n) is 4.45. The van der Waals surface area contributed by atoms with E-state index in [9.17, 15) is 9.59 Å². The van der Waals surface area contributed by atoms with Gasteiger partial charge in [0.05, 0.1) is 17.8 Å². The quantitative estimate of drug-likeness (QED) is 0.264. The van der Waals surface area contributed by atoms with Crippen molar-refractivity contribution in [2.75, 3.05) is 0 Å². The second-order valence-electron chi connectivity index (χ2n) is 8.36. The summed E-state index contributed by atoms with van der Waals surface area (Å²) in [6.07, 6.45) is 1.59. The average Bonchev–Trinajstić information content (AvgIpc) is 3.08. The van der Waals surface area contributed by atoms with Gasteiger partial charge in [-0.3, -0.25) is 9.59 Å². The number of aromatic nitrogens is 3. The van der Waals surface area contributed by atoms with Crippen LogP contribution in [0.2, 0.25) is 5.15 Å². The van der Waals surface area contributed by atoms with Crippen molar-refractivity contribution in [3.63, 3.8) is 0 Å². The fraction of sp³-hybridized carbons (Fsp3) is 0.148. The van der Waals surface area contributed by atoms with Crippen molar-refractivity contribution < 1.29 is 4.79 Å². The van der Waals surface area contributed by atoms with Gasteiger partial charge in [0.15, 0.2) is 5.78 Å². The lowest BCUT2D eigenvalue weighted by molar-refractivity contribution is 0.101. The van der Waals surface area contributed by atoms with E-state index in [4.69, 9.17) is 11.6 Å². The summed E-state index contributed by atoms with van der Waals surface area (Å²) in [5, 5.41) is 2.24. The molecular weight excluding hydrogens is 434 g/mol. The predicted molar refractivity (Wildman–Crippen MR) is 133 cm³/mol. The molecule has 0 aliphatic rings. The summed E-state index contributed by atoms with van der Waals surface area (Å²) in [7, 11) is 0. The lowest BCUT2D eigenvalue weighted by Crippen LogP contribution is -2.12. The normalized spacial score (nSPS) is 11.4. The molecule has 164 valence electrons. The molecule has 33 heavy (non-hydrogen) atoms. The number of halogens is 1. The molecule has 2 aromatic carbocycles. The molecule has 6 heteroatoms. The van der Waals surface area contributed by atoms with Crippen LogP contribution in [0.3, 0.4) is 0 Å². The number of carbonyl (C=O) groups excluding carboxylic acids is 1. The Bertz CT molecular complexity index is 1630. The minimum atomic E-state index is -0.234. The Morgan fingerprint density at radius 3 is 2.58 bits per heavy atom. The topological polar surface area (TPSA) is 67.8 Å². The molecule has 0 aliphatic heterocycles. The molecule has 0 unspecified atom stereocenters.